The van der Waals surface area contributed by atoms with Crippen LogP contribution in [0.15, 0.2) is 16.9 Å². The van der Waals surface area contributed by atoms with Gasteiger partial charge in [-0.2, -0.15) is 0 Å². The second kappa shape index (κ2) is 3.06. The summed E-state index contributed by atoms with van der Waals surface area (Å²) in [5, 5.41) is 0.299. The number of fused-ring (bicyclic) bond motifs is 1. The number of hydrogen-bond donors (Lipinski definition) is 1. The number of hydrogen-bond acceptors (Lipinski definition) is 2. The van der Waals surface area contributed by atoms with E-state index in [1.54, 1.807) is 6.92 Å². The van der Waals surface area contributed by atoms with E-state index in [2.05, 4.69) is 9.97 Å². The van der Waals surface area contributed by atoms with Crippen LogP contribution in [0, 0.1) is 12.7 Å². The van der Waals surface area contributed by atoms with E-state index in [0.29, 0.717) is 5.82 Å². The second-order valence-corrected chi connectivity index (χ2v) is 3.34. The van der Waals surface area contributed by atoms with Crippen molar-refractivity contribution in [3.63, 3.8) is 0 Å². The number of rotatable bonds is 0. The predicted octanol–water partition coefficient (Wildman–Crippen LogP) is 2.02. The highest BCUT2D eigenvalue weighted by Gasteiger charge is 2.07. The first kappa shape index (κ1) is 9.15. The zero-order valence-electron chi connectivity index (χ0n) is 7.27. The van der Waals surface area contributed by atoms with Crippen molar-refractivity contribution in [2.75, 3.05) is 0 Å². The van der Waals surface area contributed by atoms with Gasteiger partial charge in [0.15, 0.2) is 0 Å². The van der Waals surface area contributed by atoms with E-state index in [-0.39, 0.29) is 21.5 Å². The van der Waals surface area contributed by atoms with Crippen molar-refractivity contribution >= 4 is 22.5 Å². The minimum Gasteiger partial charge on any atom is -0.310 e. The third-order valence-electron chi connectivity index (χ3n) is 1.84. The number of aromatic amines is 1. The molecule has 0 spiro atoms. The molecule has 1 N–H and O–H groups in total. The molecule has 0 aliphatic rings. The largest absolute Gasteiger partial charge is 0.310 e. The molecule has 0 saturated carbocycles. The number of aromatic nitrogens is 2. The number of halogens is 2. The zero-order chi connectivity index (χ0) is 10.3. The molecule has 72 valence electrons. The van der Waals surface area contributed by atoms with Crippen LogP contribution in [0.25, 0.3) is 10.9 Å². The van der Waals surface area contributed by atoms with Crippen LogP contribution in [-0.2, 0) is 0 Å². The molecule has 0 aliphatic carbocycles. The molecule has 5 heteroatoms. The Labute approximate surface area is 83.5 Å². The van der Waals surface area contributed by atoms with Crippen molar-refractivity contribution in [2.24, 2.45) is 0 Å². The first-order valence-corrected chi connectivity index (χ1v) is 4.31. The summed E-state index contributed by atoms with van der Waals surface area (Å²) in [6.07, 6.45) is 0. The quantitative estimate of drug-likeness (QED) is 0.726. The molecule has 0 amide bonds. The average molecular weight is 213 g/mol. The molecular weight excluding hydrogens is 207 g/mol. The Morgan fingerprint density at radius 3 is 2.93 bits per heavy atom. The lowest BCUT2D eigenvalue weighted by Gasteiger charge is -2.00. The van der Waals surface area contributed by atoms with Gasteiger partial charge in [-0.05, 0) is 13.0 Å². The van der Waals surface area contributed by atoms with E-state index in [1.807, 2.05) is 0 Å². The van der Waals surface area contributed by atoms with Crippen molar-refractivity contribution in [3.05, 3.63) is 39.2 Å². The molecule has 0 bridgehead atoms. The van der Waals surface area contributed by atoms with Crippen LogP contribution < -0.4 is 5.56 Å². The normalized spacial score (nSPS) is 10.8. The number of nitrogens with zero attached hydrogens (tertiary/aromatic N) is 1. The molecule has 0 unspecified atom stereocenters. The summed E-state index contributed by atoms with van der Waals surface area (Å²) in [4.78, 5) is 17.9. The summed E-state index contributed by atoms with van der Waals surface area (Å²) >= 11 is 5.72. The fourth-order valence-corrected chi connectivity index (χ4v) is 1.60. The minimum absolute atomic E-state index is 0.0775. The smallest absolute Gasteiger partial charge is 0.260 e. The monoisotopic (exact) mass is 212 g/mol. The molecule has 14 heavy (non-hydrogen) atoms. The summed E-state index contributed by atoms with van der Waals surface area (Å²) in [6.45, 7) is 1.62. The lowest BCUT2D eigenvalue weighted by molar-refractivity contribution is 0.629. The van der Waals surface area contributed by atoms with Crippen molar-refractivity contribution < 1.29 is 4.39 Å². The topological polar surface area (TPSA) is 45.8 Å². The van der Waals surface area contributed by atoms with E-state index < -0.39 is 5.82 Å². The van der Waals surface area contributed by atoms with Gasteiger partial charge in [0.05, 0.1) is 15.9 Å². The van der Waals surface area contributed by atoms with Crippen LogP contribution >= 0.6 is 11.6 Å². The molecule has 3 nitrogen and oxygen atoms in total. The van der Waals surface area contributed by atoms with Gasteiger partial charge < -0.3 is 4.98 Å². The van der Waals surface area contributed by atoms with E-state index in [9.17, 15) is 9.18 Å². The van der Waals surface area contributed by atoms with Crippen LogP contribution in [0.3, 0.4) is 0 Å². The van der Waals surface area contributed by atoms with E-state index in [1.165, 1.54) is 6.07 Å². The minimum atomic E-state index is -0.500. The summed E-state index contributed by atoms with van der Waals surface area (Å²) in [7, 11) is 0. The molecule has 2 aromatic rings. The fraction of sp³-hybridized carbons (Fsp3) is 0.111. The maximum atomic E-state index is 12.9. The number of benzene rings is 1. The Bertz CT molecular complexity index is 559. The standard InChI is InChI=1S/C9H6ClFN2O/c1-4-12-7-3-5(11)2-6(10)8(7)9(14)13-4/h2-3H,1H3,(H,12,13,14). The Morgan fingerprint density at radius 2 is 2.21 bits per heavy atom. The lowest BCUT2D eigenvalue weighted by atomic mass is 10.2. The highest BCUT2D eigenvalue weighted by atomic mass is 35.5. The maximum absolute atomic E-state index is 12.9. The summed E-state index contributed by atoms with van der Waals surface area (Å²) < 4.78 is 12.9. The van der Waals surface area contributed by atoms with Crippen LogP contribution in [0.4, 0.5) is 4.39 Å². The first-order chi connectivity index (χ1) is 6.58. The third-order valence-corrected chi connectivity index (χ3v) is 2.14. The average Bonchev–Trinajstić information content (AvgIpc) is 1.99. The SMILES string of the molecule is Cc1nc2cc(F)cc(Cl)c2c(=O)[nH]1. The zero-order valence-corrected chi connectivity index (χ0v) is 8.02. The van der Waals surface area contributed by atoms with Crippen molar-refractivity contribution in [1.29, 1.82) is 0 Å². The van der Waals surface area contributed by atoms with Gasteiger partial charge in [-0.25, -0.2) is 9.37 Å². The Hall–Kier alpha value is -1.42. The molecule has 0 saturated heterocycles. The van der Waals surface area contributed by atoms with Crippen LogP contribution in [-0.4, -0.2) is 9.97 Å². The highest BCUT2D eigenvalue weighted by molar-refractivity contribution is 6.35. The van der Waals surface area contributed by atoms with Crippen molar-refractivity contribution in [3.8, 4) is 0 Å². The molecule has 2 rings (SSSR count). The van der Waals surface area contributed by atoms with Crippen LogP contribution in [0.1, 0.15) is 5.82 Å². The molecule has 1 heterocycles. The summed E-state index contributed by atoms with van der Waals surface area (Å²) in [6, 6.07) is 2.28. The van der Waals surface area contributed by atoms with Crippen LogP contribution in [0.5, 0.6) is 0 Å². The molecule has 0 atom stereocenters. The highest BCUT2D eigenvalue weighted by Crippen LogP contribution is 2.19. The molecular formula is C9H6ClFN2O. The van der Waals surface area contributed by atoms with Gasteiger partial charge in [0, 0.05) is 6.07 Å². The van der Waals surface area contributed by atoms with E-state index in [0.717, 1.165) is 6.07 Å². The maximum Gasteiger partial charge on any atom is 0.260 e. The van der Waals surface area contributed by atoms with Gasteiger partial charge in [-0.3, -0.25) is 4.79 Å². The molecule has 1 aromatic heterocycles. The Balaban J connectivity index is 3.02. The van der Waals surface area contributed by atoms with Gasteiger partial charge >= 0.3 is 0 Å². The third kappa shape index (κ3) is 1.37. The van der Waals surface area contributed by atoms with Gasteiger partial charge in [0.25, 0.3) is 5.56 Å². The van der Waals surface area contributed by atoms with Crippen LogP contribution in [0.2, 0.25) is 5.02 Å². The van der Waals surface area contributed by atoms with Gasteiger partial charge in [0.2, 0.25) is 0 Å². The number of nitrogens with one attached hydrogen (secondary N) is 1. The Kier molecular flexibility index (Phi) is 2.00. The molecule has 0 fully saturated rings. The Morgan fingerprint density at radius 1 is 1.50 bits per heavy atom. The predicted molar refractivity (Wildman–Crippen MR) is 52.1 cm³/mol. The van der Waals surface area contributed by atoms with E-state index in [4.69, 9.17) is 11.6 Å². The summed E-state index contributed by atoms with van der Waals surface area (Å²) in [5.41, 5.74) is -0.0752. The fourth-order valence-electron chi connectivity index (χ4n) is 1.31. The van der Waals surface area contributed by atoms with Crippen molar-refractivity contribution in [1.82, 2.24) is 9.97 Å². The van der Waals surface area contributed by atoms with Gasteiger partial charge in [-0.15, -0.1) is 0 Å². The second-order valence-electron chi connectivity index (χ2n) is 2.93. The van der Waals surface area contributed by atoms with Gasteiger partial charge in [0.1, 0.15) is 11.6 Å². The number of aryl methyl sites for hydroxylation is 1. The van der Waals surface area contributed by atoms with E-state index >= 15 is 0 Å². The summed E-state index contributed by atoms with van der Waals surface area (Å²) in [5.74, 6) is -0.0656. The molecule has 1 aromatic carbocycles. The molecule has 0 radical (unpaired) electrons. The number of H-pyrrole nitrogens is 1. The van der Waals surface area contributed by atoms with Gasteiger partial charge in [-0.1, -0.05) is 11.6 Å². The lowest BCUT2D eigenvalue weighted by Crippen LogP contribution is -2.10. The first-order valence-electron chi connectivity index (χ1n) is 3.93. The molecule has 0 aliphatic heterocycles. The van der Waals surface area contributed by atoms with Crippen molar-refractivity contribution in [2.45, 2.75) is 6.92 Å².